The zero-order chi connectivity index (χ0) is 33.5. The van der Waals surface area contributed by atoms with E-state index in [2.05, 4.69) is 21.3 Å². The van der Waals surface area contributed by atoms with E-state index < -0.39 is 69.0 Å². The number of ketones is 1. The summed E-state index contributed by atoms with van der Waals surface area (Å²) >= 11 is -2.38. The summed E-state index contributed by atoms with van der Waals surface area (Å²) in [6.45, 7) is 5.92. The van der Waals surface area contributed by atoms with Gasteiger partial charge in [0.1, 0.15) is 12.1 Å². The molecule has 1 saturated heterocycles. The SMILES string of the molecule is CCCCC(NC(=O)[C@@H]1CCCN1C(=O)[C@@H](NC(=O)NC1([C@H](C)S(=O)[O-])CCCCC1)C1(C)CCCCC1)C(=O)C(=O)NC1CC1. The summed E-state index contributed by atoms with van der Waals surface area (Å²) < 4.78 is 24.1. The molecular weight excluding hydrogens is 610 g/mol. The van der Waals surface area contributed by atoms with Crippen LogP contribution in [0, 0.1) is 5.41 Å². The summed E-state index contributed by atoms with van der Waals surface area (Å²) in [6.07, 6.45) is 12.4. The van der Waals surface area contributed by atoms with Crippen LogP contribution in [0.3, 0.4) is 0 Å². The number of nitrogens with zero attached hydrogens (tertiary/aromatic N) is 1. The summed E-state index contributed by atoms with van der Waals surface area (Å²) in [5, 5.41) is 10.7. The second kappa shape index (κ2) is 16.0. The Morgan fingerprint density at radius 3 is 2.13 bits per heavy atom. The number of Topliss-reactive ketones (excluding diaryl/α,β-unsaturated/α-hetero) is 1. The molecule has 3 aliphatic carbocycles. The topological polar surface area (TPSA) is 177 Å². The second-order valence-electron chi connectivity index (χ2n) is 14.4. The molecular formula is C33H54N5O7S-. The molecule has 4 fully saturated rings. The van der Waals surface area contributed by atoms with E-state index in [-0.39, 0.29) is 11.9 Å². The Morgan fingerprint density at radius 2 is 1.54 bits per heavy atom. The van der Waals surface area contributed by atoms with Crippen LogP contribution >= 0.6 is 0 Å². The van der Waals surface area contributed by atoms with Crippen molar-refractivity contribution in [2.75, 3.05) is 6.54 Å². The number of hydrogen-bond donors (Lipinski definition) is 4. The highest BCUT2D eigenvalue weighted by molar-refractivity contribution is 7.79. The Hall–Kier alpha value is -2.54. The molecule has 0 radical (unpaired) electrons. The Labute approximate surface area is 276 Å². The lowest BCUT2D eigenvalue weighted by molar-refractivity contribution is -0.144. The molecule has 0 aromatic rings. The minimum Gasteiger partial charge on any atom is -0.772 e. The van der Waals surface area contributed by atoms with Crippen molar-refractivity contribution in [3.8, 4) is 0 Å². The summed E-state index contributed by atoms with van der Waals surface area (Å²) in [6, 6.07) is -3.28. The molecule has 12 nitrogen and oxygen atoms in total. The van der Waals surface area contributed by atoms with Gasteiger partial charge in [0.15, 0.2) is 0 Å². The quantitative estimate of drug-likeness (QED) is 0.163. The molecule has 4 aliphatic rings. The predicted molar refractivity (Wildman–Crippen MR) is 173 cm³/mol. The van der Waals surface area contributed by atoms with E-state index in [0.29, 0.717) is 45.1 Å². The molecule has 2 unspecified atom stereocenters. The van der Waals surface area contributed by atoms with Crippen molar-refractivity contribution in [2.24, 2.45) is 5.41 Å². The molecule has 5 amide bonds. The van der Waals surface area contributed by atoms with Gasteiger partial charge in [0.25, 0.3) is 5.91 Å². The van der Waals surface area contributed by atoms with Gasteiger partial charge in [0.05, 0.1) is 11.6 Å². The molecule has 1 heterocycles. The normalized spacial score (nSPS) is 25.0. The number of rotatable bonds is 14. The van der Waals surface area contributed by atoms with Crippen LogP contribution in [0.4, 0.5) is 4.79 Å². The van der Waals surface area contributed by atoms with Gasteiger partial charge in [0.2, 0.25) is 17.6 Å². The van der Waals surface area contributed by atoms with Gasteiger partial charge < -0.3 is 30.7 Å². The summed E-state index contributed by atoms with van der Waals surface area (Å²) in [5.41, 5.74) is -1.47. The fourth-order valence-corrected chi connectivity index (χ4v) is 8.29. The van der Waals surface area contributed by atoms with E-state index in [9.17, 15) is 32.7 Å². The number of hydrogen-bond acceptors (Lipinski definition) is 7. The minimum atomic E-state index is -2.38. The van der Waals surface area contributed by atoms with Crippen LogP contribution in [0.25, 0.3) is 0 Å². The highest BCUT2D eigenvalue weighted by atomic mass is 32.2. The zero-order valence-electron chi connectivity index (χ0n) is 27.8. The van der Waals surface area contributed by atoms with Crippen LogP contribution in [-0.2, 0) is 30.3 Å². The van der Waals surface area contributed by atoms with E-state index in [1.807, 2.05) is 13.8 Å². The summed E-state index contributed by atoms with van der Waals surface area (Å²) in [5.74, 6) is -2.17. The highest BCUT2D eigenvalue weighted by Crippen LogP contribution is 2.40. The Kier molecular flexibility index (Phi) is 12.7. The molecule has 4 rings (SSSR count). The van der Waals surface area contributed by atoms with Crippen molar-refractivity contribution >= 4 is 40.6 Å². The standard InChI is InChI=1S/C33H55N5O7S/c1-4-5-13-24(26(39)29(41)34-23-15-16-23)35-28(40)25-14-12-21-38(25)30(42)27(32(3)17-8-6-9-18-32)36-31(43)37-33(22(2)46(44)45)19-10-7-11-20-33/h22-25,27H,4-21H2,1-3H3,(H,34,41)(H,35,40)(H,44,45)(H2,36,37,43)/p-1/t22-,24?,25-,27+/m0/s1. The van der Waals surface area contributed by atoms with Gasteiger partial charge in [0, 0.05) is 17.8 Å². The monoisotopic (exact) mass is 664 g/mol. The van der Waals surface area contributed by atoms with Gasteiger partial charge >= 0.3 is 6.03 Å². The van der Waals surface area contributed by atoms with E-state index >= 15 is 0 Å². The van der Waals surface area contributed by atoms with E-state index in [4.69, 9.17) is 0 Å². The maximum Gasteiger partial charge on any atom is 0.315 e. The summed E-state index contributed by atoms with van der Waals surface area (Å²) in [4.78, 5) is 68.9. The van der Waals surface area contributed by atoms with Crippen molar-refractivity contribution in [1.82, 2.24) is 26.2 Å². The third-order valence-corrected chi connectivity index (χ3v) is 11.9. The molecule has 260 valence electrons. The van der Waals surface area contributed by atoms with Crippen molar-refractivity contribution in [3.63, 3.8) is 0 Å². The molecule has 0 bridgehead atoms. The number of nitrogens with one attached hydrogen (secondary N) is 4. The smallest absolute Gasteiger partial charge is 0.315 e. The molecule has 3 saturated carbocycles. The lowest BCUT2D eigenvalue weighted by atomic mass is 9.70. The first kappa shape index (κ1) is 36.3. The minimum absolute atomic E-state index is 0.0170. The molecule has 5 atom stereocenters. The number of carbonyl (C=O) groups excluding carboxylic acids is 5. The first-order chi connectivity index (χ1) is 21.9. The number of likely N-dealkylation sites (tertiary alicyclic amines) is 1. The van der Waals surface area contributed by atoms with Gasteiger partial charge in [-0.05, 0) is 70.1 Å². The third-order valence-electron chi connectivity index (χ3n) is 10.8. The molecule has 46 heavy (non-hydrogen) atoms. The van der Waals surface area contributed by atoms with Crippen LogP contribution in [0.2, 0.25) is 0 Å². The number of amides is 5. The second-order valence-corrected chi connectivity index (χ2v) is 15.6. The lowest BCUT2D eigenvalue weighted by Crippen LogP contribution is -2.65. The van der Waals surface area contributed by atoms with E-state index in [1.165, 1.54) is 4.90 Å². The van der Waals surface area contributed by atoms with Gasteiger partial charge in [-0.15, -0.1) is 0 Å². The maximum absolute atomic E-state index is 14.4. The van der Waals surface area contributed by atoms with Crippen LogP contribution in [0.5, 0.6) is 0 Å². The Bertz CT molecular complexity index is 1150. The van der Waals surface area contributed by atoms with Gasteiger partial charge in [-0.3, -0.25) is 23.4 Å². The Balaban J connectivity index is 1.51. The van der Waals surface area contributed by atoms with Crippen molar-refractivity contribution < 1.29 is 32.7 Å². The van der Waals surface area contributed by atoms with E-state index in [1.54, 1.807) is 6.92 Å². The lowest BCUT2D eigenvalue weighted by Gasteiger charge is -2.45. The highest BCUT2D eigenvalue weighted by Gasteiger charge is 2.48. The number of urea groups is 1. The van der Waals surface area contributed by atoms with Crippen LogP contribution in [-0.4, -0.2) is 84.7 Å². The van der Waals surface area contributed by atoms with Crippen LogP contribution < -0.4 is 21.3 Å². The predicted octanol–water partition coefficient (Wildman–Crippen LogP) is 3.11. The van der Waals surface area contributed by atoms with Crippen LogP contribution in [0.1, 0.15) is 130 Å². The average molecular weight is 665 g/mol. The maximum atomic E-state index is 14.4. The first-order valence-electron chi connectivity index (χ1n) is 17.5. The third kappa shape index (κ3) is 8.87. The fraction of sp³-hybridized carbons (Fsp3) is 0.848. The largest absolute Gasteiger partial charge is 0.772 e. The average Bonchev–Trinajstić information content (AvgIpc) is 3.71. The molecule has 1 aliphatic heterocycles. The van der Waals surface area contributed by atoms with Gasteiger partial charge in [-0.1, -0.05) is 76.3 Å². The first-order valence-corrected chi connectivity index (χ1v) is 18.7. The van der Waals surface area contributed by atoms with Gasteiger partial charge in [-0.2, -0.15) is 0 Å². The summed E-state index contributed by atoms with van der Waals surface area (Å²) in [7, 11) is 0. The number of carbonyl (C=O) groups is 5. The van der Waals surface area contributed by atoms with Crippen molar-refractivity contribution in [3.05, 3.63) is 0 Å². The molecule has 13 heteroatoms. The zero-order valence-corrected chi connectivity index (χ0v) is 28.6. The number of unbranched alkanes of at least 4 members (excludes halogenated alkanes) is 1. The van der Waals surface area contributed by atoms with E-state index in [0.717, 1.165) is 70.6 Å². The van der Waals surface area contributed by atoms with Gasteiger partial charge in [-0.25, -0.2) is 4.79 Å². The van der Waals surface area contributed by atoms with Crippen LogP contribution in [0.15, 0.2) is 0 Å². The molecule has 0 aromatic carbocycles. The van der Waals surface area contributed by atoms with Crippen molar-refractivity contribution in [2.45, 2.75) is 165 Å². The molecule has 4 N–H and O–H groups in total. The van der Waals surface area contributed by atoms with Crippen molar-refractivity contribution in [1.29, 1.82) is 0 Å². The fourth-order valence-electron chi connectivity index (χ4n) is 7.63. The molecule has 0 aromatic heterocycles. The Morgan fingerprint density at radius 1 is 0.913 bits per heavy atom. The molecule has 0 spiro atoms.